The van der Waals surface area contributed by atoms with Crippen LogP contribution in [0.25, 0.3) is 0 Å². The summed E-state index contributed by atoms with van der Waals surface area (Å²) in [6.07, 6.45) is 6.76. The van der Waals surface area contributed by atoms with Crippen molar-refractivity contribution in [2.24, 2.45) is 0 Å². The maximum absolute atomic E-state index is 8.71. The summed E-state index contributed by atoms with van der Waals surface area (Å²) in [5.74, 6) is 0.743. The molecule has 0 bridgehead atoms. The Labute approximate surface area is 83.0 Å². The SMILES string of the molecule is N#Cc1cc(C2CCCCC2)cs1. The fraction of sp³-hybridized carbons (Fsp3) is 0.545. The molecule has 0 unspecified atom stereocenters. The highest BCUT2D eigenvalue weighted by Gasteiger charge is 2.16. The van der Waals surface area contributed by atoms with Crippen LogP contribution in [-0.2, 0) is 0 Å². The van der Waals surface area contributed by atoms with Crippen molar-refractivity contribution in [3.63, 3.8) is 0 Å². The molecule has 1 aromatic rings. The minimum atomic E-state index is 0.743. The zero-order valence-corrected chi connectivity index (χ0v) is 8.44. The van der Waals surface area contributed by atoms with Gasteiger partial charge in [0.1, 0.15) is 10.9 Å². The summed E-state index contributed by atoms with van der Waals surface area (Å²) in [4.78, 5) is 0.862. The van der Waals surface area contributed by atoms with Gasteiger partial charge in [-0.1, -0.05) is 19.3 Å². The summed E-state index contributed by atoms with van der Waals surface area (Å²) in [6, 6.07) is 4.28. The zero-order valence-electron chi connectivity index (χ0n) is 7.62. The lowest BCUT2D eigenvalue weighted by atomic mass is 9.85. The lowest BCUT2D eigenvalue weighted by molar-refractivity contribution is 0.444. The maximum Gasteiger partial charge on any atom is 0.110 e. The van der Waals surface area contributed by atoms with E-state index in [1.54, 1.807) is 11.3 Å². The quantitative estimate of drug-likeness (QED) is 0.664. The van der Waals surface area contributed by atoms with Gasteiger partial charge in [0.05, 0.1) is 0 Å². The number of nitriles is 1. The average molecular weight is 191 g/mol. The predicted molar refractivity (Wildman–Crippen MR) is 54.9 cm³/mol. The van der Waals surface area contributed by atoms with Crippen LogP contribution in [0.2, 0.25) is 0 Å². The first-order valence-electron chi connectivity index (χ1n) is 4.88. The molecule has 0 amide bonds. The zero-order chi connectivity index (χ0) is 9.10. The molecule has 0 spiro atoms. The van der Waals surface area contributed by atoms with Gasteiger partial charge in [0.2, 0.25) is 0 Å². The molecule has 0 aliphatic heterocycles. The second kappa shape index (κ2) is 3.93. The highest BCUT2D eigenvalue weighted by molar-refractivity contribution is 7.10. The van der Waals surface area contributed by atoms with Crippen molar-refractivity contribution in [3.05, 3.63) is 21.9 Å². The molecule has 1 saturated carbocycles. The Kier molecular flexibility index (Phi) is 2.65. The molecule has 2 rings (SSSR count). The summed E-state index contributed by atoms with van der Waals surface area (Å²) in [5.41, 5.74) is 1.40. The molecular weight excluding hydrogens is 178 g/mol. The molecule has 13 heavy (non-hydrogen) atoms. The Bertz CT molecular complexity index is 315. The van der Waals surface area contributed by atoms with Crippen molar-refractivity contribution >= 4 is 11.3 Å². The molecular formula is C11H13NS. The van der Waals surface area contributed by atoms with E-state index in [4.69, 9.17) is 5.26 Å². The largest absolute Gasteiger partial charge is 0.192 e. The van der Waals surface area contributed by atoms with Crippen LogP contribution < -0.4 is 0 Å². The van der Waals surface area contributed by atoms with Crippen LogP contribution in [0, 0.1) is 11.3 Å². The van der Waals surface area contributed by atoms with Crippen molar-refractivity contribution < 1.29 is 0 Å². The van der Waals surface area contributed by atoms with E-state index in [0.29, 0.717) is 0 Å². The van der Waals surface area contributed by atoms with Crippen LogP contribution in [0.3, 0.4) is 0 Å². The van der Waals surface area contributed by atoms with Crippen LogP contribution in [0.4, 0.5) is 0 Å². The van der Waals surface area contributed by atoms with Gasteiger partial charge in [0.25, 0.3) is 0 Å². The van der Waals surface area contributed by atoms with E-state index in [1.165, 1.54) is 37.7 Å². The van der Waals surface area contributed by atoms with E-state index >= 15 is 0 Å². The van der Waals surface area contributed by atoms with Gasteiger partial charge >= 0.3 is 0 Å². The summed E-state index contributed by atoms with van der Waals surface area (Å²) in [5, 5.41) is 10.9. The number of rotatable bonds is 1. The molecule has 1 aliphatic carbocycles. The molecule has 0 atom stereocenters. The molecule has 1 aromatic heterocycles. The number of thiophene rings is 1. The van der Waals surface area contributed by atoms with Gasteiger partial charge in [-0.2, -0.15) is 5.26 Å². The Morgan fingerprint density at radius 1 is 1.31 bits per heavy atom. The second-order valence-electron chi connectivity index (χ2n) is 3.69. The fourth-order valence-electron chi connectivity index (χ4n) is 2.06. The molecule has 2 heteroatoms. The Morgan fingerprint density at radius 3 is 2.69 bits per heavy atom. The highest BCUT2D eigenvalue weighted by atomic mass is 32.1. The lowest BCUT2D eigenvalue weighted by Crippen LogP contribution is -2.02. The van der Waals surface area contributed by atoms with E-state index in [9.17, 15) is 0 Å². The second-order valence-corrected chi connectivity index (χ2v) is 4.60. The molecule has 0 N–H and O–H groups in total. The van der Waals surface area contributed by atoms with E-state index in [2.05, 4.69) is 17.5 Å². The molecule has 68 valence electrons. The van der Waals surface area contributed by atoms with Gasteiger partial charge in [-0.3, -0.25) is 0 Å². The van der Waals surface area contributed by atoms with E-state index in [0.717, 1.165) is 10.8 Å². The van der Waals surface area contributed by atoms with Crippen molar-refractivity contribution in [2.45, 2.75) is 38.0 Å². The van der Waals surface area contributed by atoms with Crippen molar-refractivity contribution in [2.75, 3.05) is 0 Å². The number of hydrogen-bond donors (Lipinski definition) is 0. The third-order valence-corrected chi connectivity index (χ3v) is 3.66. The molecule has 1 nitrogen and oxygen atoms in total. The van der Waals surface area contributed by atoms with Crippen LogP contribution in [-0.4, -0.2) is 0 Å². The van der Waals surface area contributed by atoms with E-state index < -0.39 is 0 Å². The predicted octanol–water partition coefficient (Wildman–Crippen LogP) is 3.67. The van der Waals surface area contributed by atoms with Crippen LogP contribution in [0.15, 0.2) is 11.4 Å². The summed E-state index contributed by atoms with van der Waals surface area (Å²) in [6.45, 7) is 0. The normalized spacial score (nSPS) is 18.4. The van der Waals surface area contributed by atoms with Crippen molar-refractivity contribution in [3.8, 4) is 6.07 Å². The highest BCUT2D eigenvalue weighted by Crippen LogP contribution is 2.34. The van der Waals surface area contributed by atoms with Crippen LogP contribution in [0.1, 0.15) is 48.5 Å². The smallest absolute Gasteiger partial charge is 0.110 e. The molecule has 1 heterocycles. The van der Waals surface area contributed by atoms with Crippen LogP contribution >= 0.6 is 11.3 Å². The topological polar surface area (TPSA) is 23.8 Å². The minimum absolute atomic E-state index is 0.743. The average Bonchev–Trinajstić information content (AvgIpc) is 2.67. The van der Waals surface area contributed by atoms with Gasteiger partial charge in [0, 0.05) is 0 Å². The first-order chi connectivity index (χ1) is 6.40. The fourth-order valence-corrected chi connectivity index (χ4v) is 2.84. The van der Waals surface area contributed by atoms with Gasteiger partial charge < -0.3 is 0 Å². The maximum atomic E-state index is 8.71. The number of hydrogen-bond acceptors (Lipinski definition) is 2. The van der Waals surface area contributed by atoms with E-state index in [-0.39, 0.29) is 0 Å². The van der Waals surface area contributed by atoms with Gasteiger partial charge in [-0.25, -0.2) is 0 Å². The number of nitrogens with zero attached hydrogens (tertiary/aromatic N) is 1. The third-order valence-electron chi connectivity index (χ3n) is 2.81. The molecule has 1 aliphatic rings. The van der Waals surface area contributed by atoms with Gasteiger partial charge in [-0.05, 0) is 35.8 Å². The lowest BCUT2D eigenvalue weighted by Gasteiger charge is -2.20. The summed E-state index contributed by atoms with van der Waals surface area (Å²) < 4.78 is 0. The Hall–Kier alpha value is -0.810. The molecule has 0 saturated heterocycles. The monoisotopic (exact) mass is 191 g/mol. The summed E-state index contributed by atoms with van der Waals surface area (Å²) in [7, 11) is 0. The minimum Gasteiger partial charge on any atom is -0.192 e. The third kappa shape index (κ3) is 1.92. The van der Waals surface area contributed by atoms with Gasteiger partial charge in [-0.15, -0.1) is 11.3 Å². The first kappa shape index (κ1) is 8.77. The molecule has 0 radical (unpaired) electrons. The standard InChI is InChI=1S/C11H13NS/c12-7-11-6-10(8-13-11)9-4-2-1-3-5-9/h6,8-9H,1-5H2. The Balaban J connectivity index is 2.11. The molecule has 0 aromatic carbocycles. The van der Waals surface area contributed by atoms with Crippen molar-refractivity contribution in [1.82, 2.24) is 0 Å². The van der Waals surface area contributed by atoms with E-state index in [1.807, 2.05) is 0 Å². The summed E-state index contributed by atoms with van der Waals surface area (Å²) >= 11 is 1.58. The first-order valence-corrected chi connectivity index (χ1v) is 5.76. The van der Waals surface area contributed by atoms with Crippen LogP contribution in [0.5, 0.6) is 0 Å². The van der Waals surface area contributed by atoms with Gasteiger partial charge in [0.15, 0.2) is 0 Å². The van der Waals surface area contributed by atoms with Crippen molar-refractivity contribution in [1.29, 1.82) is 5.26 Å². The molecule has 1 fully saturated rings. The Morgan fingerprint density at radius 2 is 2.08 bits per heavy atom.